The Morgan fingerprint density at radius 1 is 1.27 bits per heavy atom. The molecule has 1 fully saturated rings. The number of Topliss-reactive ketones (excluding diaryl/α,β-unsaturated/α-hetero) is 1. The highest BCUT2D eigenvalue weighted by Gasteiger charge is 2.43. The third-order valence-electron chi connectivity index (χ3n) is 7.25. The van der Waals surface area contributed by atoms with Crippen molar-refractivity contribution in [3.05, 3.63) is 59.3 Å². The molecule has 3 aromatic heterocycles. The molecule has 8 nitrogen and oxygen atoms in total. The molecule has 4 atom stereocenters. The molecule has 0 spiro atoms. The largest absolute Gasteiger partial charge is 0.397 e. The SMILES string of the molecule is Cc1c(-c2ccc(N)c(C(=O)Cc3cnccc3[C@H]3C[C@@H](O)[C@](C)(O)[C@@H](C)C3)n2)cnn1C. The summed E-state index contributed by atoms with van der Waals surface area (Å²) in [5, 5.41) is 25.3. The lowest BCUT2D eigenvalue weighted by Crippen LogP contribution is -2.49. The number of nitrogen functional groups attached to an aromatic ring is 1. The van der Waals surface area contributed by atoms with E-state index in [9.17, 15) is 15.0 Å². The quantitative estimate of drug-likeness (QED) is 0.511. The predicted molar refractivity (Wildman–Crippen MR) is 126 cm³/mol. The summed E-state index contributed by atoms with van der Waals surface area (Å²) in [5.74, 6) is -0.253. The zero-order chi connectivity index (χ0) is 23.9. The van der Waals surface area contributed by atoms with E-state index in [1.807, 2.05) is 27.0 Å². The molecule has 0 amide bonds. The molecule has 174 valence electrons. The fourth-order valence-corrected chi connectivity index (χ4v) is 4.69. The Kier molecular flexibility index (Phi) is 6.07. The molecule has 0 saturated heterocycles. The van der Waals surface area contributed by atoms with Crippen molar-refractivity contribution in [2.45, 2.75) is 57.7 Å². The number of aliphatic hydroxyl groups is 2. The van der Waals surface area contributed by atoms with E-state index in [4.69, 9.17) is 5.73 Å². The molecule has 4 N–H and O–H groups in total. The number of nitrogens with zero attached hydrogens (tertiary/aromatic N) is 4. The maximum atomic E-state index is 13.3. The van der Waals surface area contributed by atoms with Gasteiger partial charge in [-0.1, -0.05) is 6.92 Å². The summed E-state index contributed by atoms with van der Waals surface area (Å²) in [4.78, 5) is 22.1. The van der Waals surface area contributed by atoms with Gasteiger partial charge in [-0.3, -0.25) is 14.5 Å². The van der Waals surface area contributed by atoms with Crippen LogP contribution >= 0.6 is 0 Å². The Labute approximate surface area is 193 Å². The van der Waals surface area contributed by atoms with Crippen molar-refractivity contribution < 1.29 is 15.0 Å². The summed E-state index contributed by atoms with van der Waals surface area (Å²) in [5.41, 5.74) is 9.77. The second-order valence-electron chi connectivity index (χ2n) is 9.39. The number of carbonyl (C=O) groups is 1. The Morgan fingerprint density at radius 3 is 2.70 bits per heavy atom. The van der Waals surface area contributed by atoms with Gasteiger partial charge < -0.3 is 15.9 Å². The van der Waals surface area contributed by atoms with Crippen molar-refractivity contribution in [1.29, 1.82) is 0 Å². The van der Waals surface area contributed by atoms with Gasteiger partial charge in [0.2, 0.25) is 0 Å². The summed E-state index contributed by atoms with van der Waals surface area (Å²) >= 11 is 0. The molecule has 0 radical (unpaired) electrons. The van der Waals surface area contributed by atoms with Crippen LogP contribution in [0, 0.1) is 12.8 Å². The fraction of sp³-hybridized carbons (Fsp3) is 0.440. The third kappa shape index (κ3) is 4.28. The van der Waals surface area contributed by atoms with E-state index in [1.54, 1.807) is 42.3 Å². The van der Waals surface area contributed by atoms with E-state index < -0.39 is 11.7 Å². The first-order chi connectivity index (χ1) is 15.6. The molecule has 0 bridgehead atoms. The number of hydrogen-bond acceptors (Lipinski definition) is 7. The topological polar surface area (TPSA) is 127 Å². The molecular weight excluding hydrogens is 418 g/mol. The van der Waals surface area contributed by atoms with Gasteiger partial charge in [0.15, 0.2) is 5.78 Å². The van der Waals surface area contributed by atoms with Crippen LogP contribution in [-0.4, -0.2) is 47.4 Å². The van der Waals surface area contributed by atoms with Gasteiger partial charge in [0.05, 0.1) is 29.3 Å². The molecule has 0 unspecified atom stereocenters. The smallest absolute Gasteiger partial charge is 0.187 e. The van der Waals surface area contributed by atoms with E-state index in [1.165, 1.54) is 0 Å². The Hall–Kier alpha value is -3.10. The van der Waals surface area contributed by atoms with E-state index in [-0.39, 0.29) is 29.7 Å². The first-order valence-electron chi connectivity index (χ1n) is 11.2. The molecule has 1 aliphatic rings. The standard InChI is InChI=1S/C25H31N5O3/c1-14-9-16(11-23(32)25(14,3)33)18-7-8-27-12-17(18)10-22(31)24-20(26)5-6-21(29-24)19-13-28-30(4)15(19)2/h5-8,12-14,16,23,32-33H,9-11,26H2,1-4H3/t14-,16+,23+,25+/m0/s1. The van der Waals surface area contributed by atoms with E-state index in [0.29, 0.717) is 24.2 Å². The molecular formula is C25H31N5O3. The lowest BCUT2D eigenvalue weighted by atomic mass is 9.68. The Bertz CT molecular complexity index is 1170. The molecule has 0 aliphatic heterocycles. The molecule has 3 aromatic rings. The van der Waals surface area contributed by atoms with Gasteiger partial charge in [-0.15, -0.1) is 0 Å². The highest BCUT2D eigenvalue weighted by Crippen LogP contribution is 2.42. The molecule has 0 aromatic carbocycles. The van der Waals surface area contributed by atoms with Crippen molar-refractivity contribution in [2.75, 3.05) is 5.73 Å². The van der Waals surface area contributed by atoms with Crippen molar-refractivity contribution in [1.82, 2.24) is 19.7 Å². The van der Waals surface area contributed by atoms with Crippen LogP contribution in [-0.2, 0) is 13.5 Å². The number of carbonyl (C=O) groups excluding carboxylic acids is 1. The zero-order valence-electron chi connectivity index (χ0n) is 19.5. The normalized spacial score (nSPS) is 25.2. The van der Waals surface area contributed by atoms with Crippen LogP contribution in [0.15, 0.2) is 36.8 Å². The average molecular weight is 450 g/mol. The van der Waals surface area contributed by atoms with Gasteiger partial charge in [0, 0.05) is 37.1 Å². The summed E-state index contributed by atoms with van der Waals surface area (Å²) in [6, 6.07) is 5.40. The van der Waals surface area contributed by atoms with Gasteiger partial charge in [-0.25, -0.2) is 4.98 Å². The minimum Gasteiger partial charge on any atom is -0.397 e. The van der Waals surface area contributed by atoms with Gasteiger partial charge >= 0.3 is 0 Å². The molecule has 4 rings (SSSR count). The summed E-state index contributed by atoms with van der Waals surface area (Å²) in [7, 11) is 1.86. The minimum absolute atomic E-state index is 0.0238. The predicted octanol–water partition coefficient (Wildman–Crippen LogP) is 2.82. The first-order valence-corrected chi connectivity index (χ1v) is 11.2. The number of hydrogen-bond donors (Lipinski definition) is 3. The van der Waals surface area contributed by atoms with E-state index in [0.717, 1.165) is 22.4 Å². The summed E-state index contributed by atoms with van der Waals surface area (Å²) < 4.78 is 1.76. The van der Waals surface area contributed by atoms with Crippen LogP contribution < -0.4 is 5.73 Å². The summed E-state index contributed by atoms with van der Waals surface area (Å²) in [6.07, 6.45) is 5.54. The zero-order valence-corrected chi connectivity index (χ0v) is 19.5. The molecule has 8 heteroatoms. The number of ketones is 1. The van der Waals surface area contributed by atoms with Gasteiger partial charge in [-0.05, 0) is 67.9 Å². The van der Waals surface area contributed by atoms with Crippen molar-refractivity contribution >= 4 is 11.5 Å². The second-order valence-corrected chi connectivity index (χ2v) is 9.39. The molecule has 33 heavy (non-hydrogen) atoms. The number of pyridine rings is 2. The average Bonchev–Trinajstić information content (AvgIpc) is 3.11. The Balaban J connectivity index is 1.62. The van der Waals surface area contributed by atoms with Gasteiger partial charge in [0.25, 0.3) is 0 Å². The monoisotopic (exact) mass is 449 g/mol. The van der Waals surface area contributed by atoms with Crippen molar-refractivity contribution in [3.8, 4) is 11.3 Å². The lowest BCUT2D eigenvalue weighted by molar-refractivity contribution is -0.123. The van der Waals surface area contributed by atoms with Crippen LogP contribution in [0.3, 0.4) is 0 Å². The second kappa shape index (κ2) is 8.68. The van der Waals surface area contributed by atoms with E-state index in [2.05, 4.69) is 15.1 Å². The van der Waals surface area contributed by atoms with Crippen molar-refractivity contribution in [2.24, 2.45) is 13.0 Å². The van der Waals surface area contributed by atoms with Crippen LogP contribution in [0.5, 0.6) is 0 Å². The lowest BCUT2D eigenvalue weighted by Gasteiger charge is -2.43. The van der Waals surface area contributed by atoms with E-state index >= 15 is 0 Å². The number of nitrogens with two attached hydrogens (primary N) is 1. The number of aromatic nitrogens is 4. The summed E-state index contributed by atoms with van der Waals surface area (Å²) in [6.45, 7) is 5.57. The number of rotatable bonds is 5. The van der Waals surface area contributed by atoms with Crippen LogP contribution in [0.4, 0.5) is 5.69 Å². The van der Waals surface area contributed by atoms with Crippen LogP contribution in [0.2, 0.25) is 0 Å². The number of aryl methyl sites for hydroxylation is 1. The first kappa shape index (κ1) is 23.1. The minimum atomic E-state index is -1.12. The maximum Gasteiger partial charge on any atom is 0.187 e. The van der Waals surface area contributed by atoms with Gasteiger partial charge in [-0.2, -0.15) is 5.10 Å². The molecule has 1 aliphatic carbocycles. The highest BCUT2D eigenvalue weighted by molar-refractivity contribution is 6.00. The fourth-order valence-electron chi connectivity index (χ4n) is 4.69. The number of aliphatic hydroxyl groups excluding tert-OH is 1. The Morgan fingerprint density at radius 2 is 2.03 bits per heavy atom. The van der Waals surface area contributed by atoms with Crippen LogP contribution in [0.1, 0.15) is 59.9 Å². The third-order valence-corrected chi connectivity index (χ3v) is 7.25. The maximum absolute atomic E-state index is 13.3. The van der Waals surface area contributed by atoms with Gasteiger partial charge in [0.1, 0.15) is 5.69 Å². The van der Waals surface area contributed by atoms with Crippen LogP contribution in [0.25, 0.3) is 11.3 Å². The molecule has 3 heterocycles. The highest BCUT2D eigenvalue weighted by atomic mass is 16.3. The molecule has 1 saturated carbocycles. The number of anilines is 1. The van der Waals surface area contributed by atoms with Crippen molar-refractivity contribution in [3.63, 3.8) is 0 Å².